The first-order valence-corrected chi connectivity index (χ1v) is 7.04. The monoisotopic (exact) mass is 284 g/mol. The summed E-state index contributed by atoms with van der Waals surface area (Å²) in [6, 6.07) is 3.93. The van der Waals surface area contributed by atoms with E-state index in [-0.39, 0.29) is 11.7 Å². The molecule has 0 aliphatic carbocycles. The van der Waals surface area contributed by atoms with Crippen molar-refractivity contribution in [2.24, 2.45) is 0 Å². The lowest BCUT2D eigenvalue weighted by Gasteiger charge is -2.17. The molecule has 6 nitrogen and oxygen atoms in total. The van der Waals surface area contributed by atoms with Crippen LogP contribution in [0.15, 0.2) is 35.4 Å². The minimum Gasteiger partial charge on any atom is -0.363 e. The largest absolute Gasteiger partial charge is 0.363 e. The molecular weight excluding hydrogens is 268 g/mol. The van der Waals surface area contributed by atoms with Crippen molar-refractivity contribution in [3.05, 3.63) is 36.7 Å². The smallest absolute Gasteiger partial charge is 0.256 e. The first kappa shape index (κ1) is 12.5. The second-order valence-corrected chi connectivity index (χ2v) is 6.00. The summed E-state index contributed by atoms with van der Waals surface area (Å²) in [5.74, 6) is 1.14. The number of hydrogen-bond acceptors (Lipinski definition) is 5. The average molecular weight is 284 g/mol. The fourth-order valence-corrected chi connectivity index (χ4v) is 2.70. The maximum atomic E-state index is 5.93. The summed E-state index contributed by atoms with van der Waals surface area (Å²) in [7, 11) is 0. The first-order chi connectivity index (χ1) is 10.1. The highest BCUT2D eigenvalue weighted by molar-refractivity contribution is 5.62. The molecule has 1 aliphatic rings. The fourth-order valence-electron chi connectivity index (χ4n) is 2.70. The van der Waals surface area contributed by atoms with E-state index in [9.17, 15) is 0 Å². The zero-order valence-electron chi connectivity index (χ0n) is 12.0. The molecule has 0 bridgehead atoms. The van der Waals surface area contributed by atoms with Crippen molar-refractivity contribution in [3.8, 4) is 11.4 Å². The van der Waals surface area contributed by atoms with Gasteiger partial charge in [-0.3, -0.25) is 0 Å². The highest BCUT2D eigenvalue weighted by atomic mass is 16.5. The van der Waals surface area contributed by atoms with Crippen LogP contribution < -0.4 is 0 Å². The summed E-state index contributed by atoms with van der Waals surface area (Å²) >= 11 is 0. The van der Waals surface area contributed by atoms with Crippen LogP contribution in [0.1, 0.15) is 38.7 Å². The zero-order valence-corrected chi connectivity index (χ0v) is 12.0. The summed E-state index contributed by atoms with van der Waals surface area (Å²) in [4.78, 5) is 8.59. The van der Waals surface area contributed by atoms with E-state index in [2.05, 4.69) is 29.0 Å². The molecule has 1 unspecified atom stereocenters. The maximum absolute atomic E-state index is 5.93. The number of pyridine rings is 1. The standard InChI is InChI=1S/C15H16N4O2/c1-15(2)5-3-12(20-15)14-17-13(18-21-14)10-4-6-19-9-16-8-11(19)7-10/h4,6-9,12H,3,5H2,1-2H3. The van der Waals surface area contributed by atoms with Crippen LogP contribution in [0.25, 0.3) is 16.9 Å². The van der Waals surface area contributed by atoms with Gasteiger partial charge in [0.25, 0.3) is 5.89 Å². The predicted octanol–water partition coefficient (Wildman–Crippen LogP) is 3.01. The van der Waals surface area contributed by atoms with Gasteiger partial charge >= 0.3 is 0 Å². The van der Waals surface area contributed by atoms with Gasteiger partial charge in [-0.25, -0.2) is 4.98 Å². The van der Waals surface area contributed by atoms with Crippen molar-refractivity contribution < 1.29 is 9.26 Å². The summed E-state index contributed by atoms with van der Waals surface area (Å²) in [5.41, 5.74) is 1.79. The molecule has 108 valence electrons. The number of nitrogens with zero attached hydrogens (tertiary/aromatic N) is 4. The first-order valence-electron chi connectivity index (χ1n) is 7.04. The normalized spacial score (nSPS) is 21.1. The number of aromatic nitrogens is 4. The SMILES string of the molecule is CC1(C)CCC(c2nc(-c3ccn4cncc4c3)no2)O1. The Labute approximate surface area is 121 Å². The third-order valence-corrected chi connectivity index (χ3v) is 3.86. The number of fused-ring (bicyclic) bond motifs is 1. The second-order valence-electron chi connectivity index (χ2n) is 6.00. The molecule has 0 spiro atoms. The Morgan fingerprint density at radius 2 is 2.29 bits per heavy atom. The van der Waals surface area contributed by atoms with Crippen LogP contribution in [0.3, 0.4) is 0 Å². The molecular formula is C15H16N4O2. The van der Waals surface area contributed by atoms with E-state index in [4.69, 9.17) is 9.26 Å². The van der Waals surface area contributed by atoms with Gasteiger partial charge in [0, 0.05) is 11.8 Å². The third kappa shape index (κ3) is 2.21. The Balaban J connectivity index is 1.64. The van der Waals surface area contributed by atoms with E-state index in [0.717, 1.165) is 23.9 Å². The molecule has 21 heavy (non-hydrogen) atoms. The summed E-state index contributed by atoms with van der Waals surface area (Å²) < 4.78 is 13.3. The minimum atomic E-state index is -0.115. The third-order valence-electron chi connectivity index (χ3n) is 3.86. The Morgan fingerprint density at radius 1 is 1.38 bits per heavy atom. The van der Waals surface area contributed by atoms with Crippen molar-refractivity contribution in [1.82, 2.24) is 19.5 Å². The van der Waals surface area contributed by atoms with Crippen molar-refractivity contribution in [2.75, 3.05) is 0 Å². The number of ether oxygens (including phenoxy) is 1. The Hall–Kier alpha value is -2.21. The van der Waals surface area contributed by atoms with Gasteiger partial charge in [-0.1, -0.05) is 5.16 Å². The molecule has 1 saturated heterocycles. The molecule has 4 rings (SSSR count). The Morgan fingerprint density at radius 3 is 3.10 bits per heavy atom. The van der Waals surface area contributed by atoms with Crippen LogP contribution in [0.4, 0.5) is 0 Å². The Bertz CT molecular complexity index is 790. The van der Waals surface area contributed by atoms with Gasteiger partial charge in [0.15, 0.2) is 0 Å². The molecule has 4 heterocycles. The van der Waals surface area contributed by atoms with E-state index in [1.54, 1.807) is 12.5 Å². The van der Waals surface area contributed by atoms with Gasteiger partial charge < -0.3 is 13.7 Å². The van der Waals surface area contributed by atoms with Gasteiger partial charge in [0.2, 0.25) is 5.82 Å². The molecule has 0 N–H and O–H groups in total. The van der Waals surface area contributed by atoms with Crippen LogP contribution in [-0.4, -0.2) is 25.1 Å². The lowest BCUT2D eigenvalue weighted by atomic mass is 10.1. The molecule has 1 aliphatic heterocycles. The van der Waals surface area contributed by atoms with Crippen molar-refractivity contribution >= 4 is 5.52 Å². The van der Waals surface area contributed by atoms with E-state index in [0.29, 0.717) is 11.7 Å². The van der Waals surface area contributed by atoms with Gasteiger partial charge in [-0.05, 0) is 38.8 Å². The lowest BCUT2D eigenvalue weighted by molar-refractivity contribution is -0.0292. The number of hydrogen-bond donors (Lipinski definition) is 0. The van der Waals surface area contributed by atoms with Crippen LogP contribution in [-0.2, 0) is 4.74 Å². The highest BCUT2D eigenvalue weighted by Crippen LogP contribution is 2.38. The van der Waals surface area contributed by atoms with Crippen LogP contribution in [0, 0.1) is 0 Å². The molecule has 3 aromatic rings. The van der Waals surface area contributed by atoms with E-state index in [1.165, 1.54) is 0 Å². The second kappa shape index (κ2) is 4.39. The molecule has 6 heteroatoms. The van der Waals surface area contributed by atoms with Crippen molar-refractivity contribution in [1.29, 1.82) is 0 Å². The van der Waals surface area contributed by atoms with Gasteiger partial charge in [-0.15, -0.1) is 0 Å². The Kier molecular flexibility index (Phi) is 2.62. The van der Waals surface area contributed by atoms with Gasteiger partial charge in [-0.2, -0.15) is 4.98 Å². The fraction of sp³-hybridized carbons (Fsp3) is 0.400. The van der Waals surface area contributed by atoms with Crippen LogP contribution >= 0.6 is 0 Å². The predicted molar refractivity (Wildman–Crippen MR) is 75.6 cm³/mol. The number of rotatable bonds is 2. The minimum absolute atomic E-state index is 0.0973. The molecule has 1 atom stereocenters. The summed E-state index contributed by atoms with van der Waals surface area (Å²) in [6.45, 7) is 4.16. The lowest BCUT2D eigenvalue weighted by Crippen LogP contribution is -2.17. The van der Waals surface area contributed by atoms with Crippen LogP contribution in [0.2, 0.25) is 0 Å². The van der Waals surface area contributed by atoms with Crippen molar-refractivity contribution in [3.63, 3.8) is 0 Å². The van der Waals surface area contributed by atoms with Crippen molar-refractivity contribution in [2.45, 2.75) is 38.4 Å². The average Bonchev–Trinajstić information content (AvgIpc) is 3.15. The van der Waals surface area contributed by atoms with Gasteiger partial charge in [0.1, 0.15) is 6.10 Å². The van der Waals surface area contributed by atoms with E-state index in [1.807, 2.05) is 22.7 Å². The molecule has 0 radical (unpaired) electrons. The summed E-state index contributed by atoms with van der Waals surface area (Å²) in [6.07, 6.45) is 7.30. The molecule has 0 saturated carbocycles. The summed E-state index contributed by atoms with van der Waals surface area (Å²) in [5, 5.41) is 4.07. The molecule has 3 aromatic heterocycles. The number of imidazole rings is 1. The molecule has 0 amide bonds. The maximum Gasteiger partial charge on any atom is 0.256 e. The molecule has 1 fully saturated rings. The molecule has 0 aromatic carbocycles. The van der Waals surface area contributed by atoms with E-state index < -0.39 is 0 Å². The van der Waals surface area contributed by atoms with Crippen LogP contribution in [0.5, 0.6) is 0 Å². The quantitative estimate of drug-likeness (QED) is 0.723. The van der Waals surface area contributed by atoms with E-state index >= 15 is 0 Å². The zero-order chi connectivity index (χ0) is 14.4. The topological polar surface area (TPSA) is 65.5 Å². The van der Waals surface area contributed by atoms with Gasteiger partial charge in [0.05, 0.1) is 23.6 Å². The highest BCUT2D eigenvalue weighted by Gasteiger charge is 2.35.